The van der Waals surface area contributed by atoms with Gasteiger partial charge in [0.2, 0.25) is 12.1 Å². The van der Waals surface area contributed by atoms with Gasteiger partial charge in [-0.1, -0.05) is 6.42 Å². The SMILES string of the molecule is C[C@]12CCC3CCC[C@H]4C(C(=O)O)=C(CF)O[C@H](O1)[C@@]34OO2. The molecule has 0 radical (unpaired) electrons. The van der Waals surface area contributed by atoms with E-state index in [1.54, 1.807) is 6.92 Å². The molecule has 0 aromatic rings. The number of halogens is 1. The molecular formula is C15H19FO6. The van der Waals surface area contributed by atoms with E-state index < -0.39 is 36.2 Å². The summed E-state index contributed by atoms with van der Waals surface area (Å²) in [5, 5.41) is 9.54. The van der Waals surface area contributed by atoms with E-state index in [9.17, 15) is 14.3 Å². The van der Waals surface area contributed by atoms with E-state index in [-0.39, 0.29) is 17.3 Å². The van der Waals surface area contributed by atoms with Crippen LogP contribution in [0.3, 0.4) is 0 Å². The summed E-state index contributed by atoms with van der Waals surface area (Å²) in [4.78, 5) is 22.9. The molecule has 3 saturated heterocycles. The minimum atomic E-state index is -1.16. The Morgan fingerprint density at radius 3 is 2.91 bits per heavy atom. The van der Waals surface area contributed by atoms with E-state index >= 15 is 0 Å². The average Bonchev–Trinajstić information content (AvgIpc) is 2.72. The second-order valence-corrected chi connectivity index (χ2v) is 6.72. The predicted molar refractivity (Wildman–Crippen MR) is 70.0 cm³/mol. The summed E-state index contributed by atoms with van der Waals surface area (Å²) >= 11 is 0. The van der Waals surface area contributed by atoms with Gasteiger partial charge in [-0.2, -0.15) is 0 Å². The highest BCUT2D eigenvalue weighted by atomic mass is 19.1. The smallest absolute Gasteiger partial charge is 0.335 e. The Labute approximate surface area is 127 Å². The van der Waals surface area contributed by atoms with Gasteiger partial charge in [0.1, 0.15) is 12.4 Å². The van der Waals surface area contributed by atoms with Crippen LogP contribution in [0.25, 0.3) is 0 Å². The van der Waals surface area contributed by atoms with Gasteiger partial charge >= 0.3 is 5.97 Å². The monoisotopic (exact) mass is 314 g/mol. The molecule has 122 valence electrons. The molecule has 4 aliphatic heterocycles. The number of hydrogen-bond donors (Lipinski definition) is 1. The number of ether oxygens (including phenoxy) is 2. The number of allylic oxidation sites excluding steroid dienone is 1. The number of hydrogen-bond acceptors (Lipinski definition) is 5. The molecule has 22 heavy (non-hydrogen) atoms. The highest BCUT2D eigenvalue weighted by Gasteiger charge is 2.68. The van der Waals surface area contributed by atoms with Crippen LogP contribution < -0.4 is 0 Å². The van der Waals surface area contributed by atoms with Crippen molar-refractivity contribution in [1.29, 1.82) is 0 Å². The Bertz CT molecular complexity index is 548. The number of aliphatic carboxylic acids is 1. The molecular weight excluding hydrogens is 295 g/mol. The van der Waals surface area contributed by atoms with Gasteiger partial charge in [-0.25, -0.2) is 19.0 Å². The molecule has 1 N–H and O–H groups in total. The minimum Gasteiger partial charge on any atom is -0.478 e. The van der Waals surface area contributed by atoms with E-state index in [2.05, 4.69) is 0 Å². The number of carbonyl (C=O) groups is 1. The largest absolute Gasteiger partial charge is 0.478 e. The van der Waals surface area contributed by atoms with Crippen LogP contribution >= 0.6 is 0 Å². The zero-order valence-corrected chi connectivity index (χ0v) is 12.3. The second-order valence-electron chi connectivity index (χ2n) is 6.72. The van der Waals surface area contributed by atoms with Gasteiger partial charge in [0.25, 0.3) is 0 Å². The Kier molecular flexibility index (Phi) is 3.05. The average molecular weight is 314 g/mol. The van der Waals surface area contributed by atoms with Crippen molar-refractivity contribution in [2.75, 3.05) is 6.67 Å². The van der Waals surface area contributed by atoms with Crippen LogP contribution in [0.15, 0.2) is 11.3 Å². The van der Waals surface area contributed by atoms with Gasteiger partial charge in [0.15, 0.2) is 5.60 Å². The van der Waals surface area contributed by atoms with Crippen molar-refractivity contribution >= 4 is 5.97 Å². The lowest BCUT2D eigenvalue weighted by molar-refractivity contribution is -0.554. The van der Waals surface area contributed by atoms with Crippen LogP contribution in [0.2, 0.25) is 0 Å². The number of carboxylic acid groups (broad SMARTS) is 1. The Hall–Kier alpha value is -1.18. The predicted octanol–water partition coefficient (Wildman–Crippen LogP) is 2.29. The molecule has 7 heteroatoms. The molecule has 5 rings (SSSR count). The van der Waals surface area contributed by atoms with Crippen LogP contribution in [0.4, 0.5) is 4.39 Å². The molecule has 0 amide bonds. The topological polar surface area (TPSA) is 74.2 Å². The normalized spacial score (nSPS) is 46.7. The highest BCUT2D eigenvalue weighted by molar-refractivity contribution is 5.88. The van der Waals surface area contributed by atoms with Crippen LogP contribution in [-0.4, -0.2) is 35.4 Å². The molecule has 0 aromatic carbocycles. The first-order valence-corrected chi connectivity index (χ1v) is 7.74. The van der Waals surface area contributed by atoms with Gasteiger partial charge < -0.3 is 14.6 Å². The molecule has 1 saturated carbocycles. The Balaban J connectivity index is 1.87. The van der Waals surface area contributed by atoms with Crippen molar-refractivity contribution in [3.8, 4) is 0 Å². The van der Waals surface area contributed by atoms with Gasteiger partial charge in [-0.05, 0) is 32.1 Å². The van der Waals surface area contributed by atoms with Crippen molar-refractivity contribution in [3.63, 3.8) is 0 Å². The molecule has 1 spiro atoms. The van der Waals surface area contributed by atoms with Crippen molar-refractivity contribution in [3.05, 3.63) is 11.3 Å². The Morgan fingerprint density at radius 1 is 1.36 bits per heavy atom. The van der Waals surface area contributed by atoms with Crippen molar-refractivity contribution in [2.45, 2.75) is 56.7 Å². The standard InChI is InChI=1S/C15H19FO6/c1-14-6-5-8-3-2-4-9-11(12(17)18)10(7-16)19-13(20-14)15(8,9)22-21-14/h8-9,13H,2-7H2,1H3,(H,17,18)/t8?,9-,13+,14-,15+/m0/s1. The number of fused-ring (bicyclic) bond motifs is 2. The van der Waals surface area contributed by atoms with Gasteiger partial charge in [-0.15, -0.1) is 0 Å². The third-order valence-electron chi connectivity index (χ3n) is 5.51. The summed E-state index contributed by atoms with van der Waals surface area (Å²) in [6, 6.07) is 0. The molecule has 5 atom stereocenters. The lowest BCUT2D eigenvalue weighted by Crippen LogP contribution is -2.66. The Morgan fingerprint density at radius 2 is 2.18 bits per heavy atom. The van der Waals surface area contributed by atoms with E-state index in [0.29, 0.717) is 12.8 Å². The van der Waals surface area contributed by atoms with E-state index in [0.717, 1.165) is 19.3 Å². The van der Waals surface area contributed by atoms with Crippen LogP contribution in [0.5, 0.6) is 0 Å². The second kappa shape index (κ2) is 4.66. The van der Waals surface area contributed by atoms with Crippen LogP contribution in [-0.2, 0) is 24.0 Å². The summed E-state index contributed by atoms with van der Waals surface area (Å²) in [6.45, 7) is 0.803. The zero-order chi connectivity index (χ0) is 15.5. The van der Waals surface area contributed by atoms with Crippen LogP contribution in [0, 0.1) is 11.8 Å². The summed E-state index contributed by atoms with van der Waals surface area (Å²) < 4.78 is 24.9. The molecule has 6 nitrogen and oxygen atoms in total. The van der Waals surface area contributed by atoms with E-state index in [1.807, 2.05) is 0 Å². The molecule has 1 aliphatic carbocycles. The van der Waals surface area contributed by atoms with Gasteiger partial charge in [0.05, 0.1) is 5.57 Å². The quantitative estimate of drug-likeness (QED) is 0.788. The maximum absolute atomic E-state index is 13.3. The zero-order valence-electron chi connectivity index (χ0n) is 12.3. The molecule has 2 bridgehead atoms. The third-order valence-corrected chi connectivity index (χ3v) is 5.51. The van der Waals surface area contributed by atoms with Crippen LogP contribution in [0.1, 0.15) is 39.0 Å². The fourth-order valence-electron chi connectivity index (χ4n) is 4.48. The van der Waals surface area contributed by atoms with Crippen molar-refractivity contribution in [2.24, 2.45) is 11.8 Å². The molecule has 1 unspecified atom stereocenters. The fraction of sp³-hybridized carbons (Fsp3) is 0.800. The van der Waals surface area contributed by atoms with Gasteiger partial charge in [-0.3, -0.25) is 0 Å². The van der Waals surface area contributed by atoms with E-state index in [1.165, 1.54) is 0 Å². The number of rotatable bonds is 2. The van der Waals surface area contributed by atoms with Crippen molar-refractivity contribution in [1.82, 2.24) is 0 Å². The third kappa shape index (κ3) is 1.73. The highest BCUT2D eigenvalue weighted by Crippen LogP contribution is 2.58. The molecule has 4 heterocycles. The minimum absolute atomic E-state index is 0.0267. The first-order chi connectivity index (χ1) is 10.5. The van der Waals surface area contributed by atoms with Crippen molar-refractivity contribution < 1.29 is 33.5 Å². The maximum Gasteiger partial charge on any atom is 0.335 e. The van der Waals surface area contributed by atoms with Gasteiger partial charge in [0, 0.05) is 12.3 Å². The van der Waals surface area contributed by atoms with E-state index in [4.69, 9.17) is 19.2 Å². The first-order valence-electron chi connectivity index (χ1n) is 7.74. The maximum atomic E-state index is 13.3. The number of carboxylic acids is 1. The summed E-state index contributed by atoms with van der Waals surface area (Å²) in [7, 11) is 0. The first kappa shape index (κ1) is 14.4. The summed E-state index contributed by atoms with van der Waals surface area (Å²) in [6.07, 6.45) is 3.00. The number of alkyl halides is 1. The lowest BCUT2D eigenvalue weighted by atomic mass is 9.63. The molecule has 0 aromatic heterocycles. The lowest BCUT2D eigenvalue weighted by Gasteiger charge is -2.55. The fourth-order valence-corrected chi connectivity index (χ4v) is 4.48. The summed E-state index contributed by atoms with van der Waals surface area (Å²) in [5.74, 6) is -2.63. The summed E-state index contributed by atoms with van der Waals surface area (Å²) in [5.41, 5.74) is -1.01. The molecule has 4 fully saturated rings. The molecule has 5 aliphatic rings.